The van der Waals surface area contributed by atoms with Crippen LogP contribution >= 0.6 is 0 Å². The molecule has 6 heteroatoms. The molecule has 0 aliphatic heterocycles. The average molecular weight is 252 g/mol. The summed E-state index contributed by atoms with van der Waals surface area (Å²) in [5.74, 6) is -0.295. The number of carbonyl (C=O) groups excluding carboxylic acids is 2. The van der Waals surface area contributed by atoms with Gasteiger partial charge in [0, 0.05) is 24.2 Å². The van der Waals surface area contributed by atoms with Crippen LogP contribution < -0.4 is 10.6 Å². The predicted octanol–water partition coefficient (Wildman–Crippen LogP) is 0.753. The predicted molar refractivity (Wildman–Crippen MR) is 68.2 cm³/mol. The van der Waals surface area contributed by atoms with Crippen molar-refractivity contribution in [1.82, 2.24) is 20.8 Å². The van der Waals surface area contributed by atoms with Crippen molar-refractivity contribution < 1.29 is 9.59 Å². The minimum atomic E-state index is -0.248. The topological polar surface area (TPSA) is 86.9 Å². The van der Waals surface area contributed by atoms with Gasteiger partial charge in [0.15, 0.2) is 0 Å². The van der Waals surface area contributed by atoms with E-state index in [4.69, 9.17) is 0 Å². The lowest BCUT2D eigenvalue weighted by molar-refractivity contribution is -0.122. The van der Waals surface area contributed by atoms with E-state index < -0.39 is 0 Å². The SMILES string of the molecule is Cc1[nH]ncc1C(=O)NCCC(=O)NC(C)(C)C. The first kappa shape index (κ1) is 14.2. The largest absolute Gasteiger partial charge is 0.351 e. The first-order valence-electron chi connectivity index (χ1n) is 5.89. The molecule has 0 bridgehead atoms. The molecule has 0 aliphatic rings. The monoisotopic (exact) mass is 252 g/mol. The summed E-state index contributed by atoms with van der Waals surface area (Å²) >= 11 is 0. The number of H-pyrrole nitrogens is 1. The fourth-order valence-electron chi connectivity index (χ4n) is 1.45. The maximum atomic E-state index is 11.7. The molecule has 0 radical (unpaired) electrons. The molecule has 1 heterocycles. The van der Waals surface area contributed by atoms with Crippen LogP contribution in [0.2, 0.25) is 0 Å². The summed E-state index contributed by atoms with van der Waals surface area (Å²) in [6.45, 7) is 7.83. The third kappa shape index (κ3) is 4.57. The second-order valence-electron chi connectivity index (χ2n) is 5.21. The number of aromatic nitrogens is 2. The number of amides is 2. The maximum Gasteiger partial charge on any atom is 0.254 e. The van der Waals surface area contributed by atoms with Gasteiger partial charge in [0.05, 0.1) is 11.8 Å². The normalized spacial score (nSPS) is 11.1. The van der Waals surface area contributed by atoms with Crippen LogP contribution in [0.5, 0.6) is 0 Å². The van der Waals surface area contributed by atoms with E-state index in [0.717, 1.165) is 0 Å². The van der Waals surface area contributed by atoms with E-state index in [1.54, 1.807) is 6.92 Å². The number of carbonyl (C=O) groups is 2. The van der Waals surface area contributed by atoms with Gasteiger partial charge >= 0.3 is 0 Å². The van der Waals surface area contributed by atoms with Crippen LogP contribution in [0.15, 0.2) is 6.20 Å². The summed E-state index contributed by atoms with van der Waals surface area (Å²) in [4.78, 5) is 23.2. The van der Waals surface area contributed by atoms with Crippen molar-refractivity contribution in [2.24, 2.45) is 0 Å². The molecule has 0 unspecified atom stereocenters. The quantitative estimate of drug-likeness (QED) is 0.739. The molecule has 6 nitrogen and oxygen atoms in total. The van der Waals surface area contributed by atoms with E-state index >= 15 is 0 Å². The van der Waals surface area contributed by atoms with Crippen molar-refractivity contribution in [2.45, 2.75) is 39.7 Å². The Morgan fingerprint density at radius 2 is 2.06 bits per heavy atom. The highest BCUT2D eigenvalue weighted by molar-refractivity contribution is 5.95. The lowest BCUT2D eigenvalue weighted by atomic mass is 10.1. The van der Waals surface area contributed by atoms with Crippen LogP contribution in [-0.4, -0.2) is 34.1 Å². The zero-order chi connectivity index (χ0) is 13.8. The van der Waals surface area contributed by atoms with Gasteiger partial charge in [-0.25, -0.2) is 0 Å². The first-order chi connectivity index (χ1) is 8.29. The summed E-state index contributed by atoms with van der Waals surface area (Å²) in [5.41, 5.74) is 0.972. The van der Waals surface area contributed by atoms with E-state index in [-0.39, 0.29) is 23.8 Å². The van der Waals surface area contributed by atoms with Gasteiger partial charge in [-0.2, -0.15) is 5.10 Å². The van der Waals surface area contributed by atoms with E-state index in [0.29, 0.717) is 17.8 Å². The summed E-state index contributed by atoms with van der Waals surface area (Å²) in [6, 6.07) is 0. The Bertz CT molecular complexity index is 432. The van der Waals surface area contributed by atoms with Crippen LogP contribution in [0.1, 0.15) is 43.2 Å². The highest BCUT2D eigenvalue weighted by atomic mass is 16.2. The zero-order valence-electron chi connectivity index (χ0n) is 11.3. The van der Waals surface area contributed by atoms with Gasteiger partial charge in [0.25, 0.3) is 5.91 Å². The van der Waals surface area contributed by atoms with Crippen molar-refractivity contribution in [3.05, 3.63) is 17.5 Å². The van der Waals surface area contributed by atoms with Crippen LogP contribution in [0.4, 0.5) is 0 Å². The lowest BCUT2D eigenvalue weighted by Crippen LogP contribution is -2.42. The Morgan fingerprint density at radius 3 is 2.56 bits per heavy atom. The number of nitrogens with one attached hydrogen (secondary N) is 3. The molecule has 1 aromatic heterocycles. The minimum absolute atomic E-state index is 0.0771. The molecule has 100 valence electrons. The number of hydrogen-bond donors (Lipinski definition) is 3. The molecule has 0 spiro atoms. The van der Waals surface area contributed by atoms with E-state index in [9.17, 15) is 9.59 Å². The standard InChI is InChI=1S/C12H20N4O2/c1-8-9(7-14-16-8)11(18)13-6-5-10(17)15-12(2,3)4/h7H,5-6H2,1-4H3,(H,13,18)(H,14,16)(H,15,17). The van der Waals surface area contributed by atoms with Gasteiger partial charge < -0.3 is 10.6 Å². The molecule has 0 aromatic carbocycles. The average Bonchev–Trinajstić information content (AvgIpc) is 2.61. The fraction of sp³-hybridized carbons (Fsp3) is 0.583. The Labute approximate surface area is 107 Å². The van der Waals surface area contributed by atoms with Gasteiger partial charge in [-0.15, -0.1) is 0 Å². The van der Waals surface area contributed by atoms with Crippen molar-refractivity contribution in [3.63, 3.8) is 0 Å². The molecule has 0 saturated heterocycles. The first-order valence-corrected chi connectivity index (χ1v) is 5.89. The molecule has 2 amide bonds. The van der Waals surface area contributed by atoms with Gasteiger partial charge in [-0.1, -0.05) is 0 Å². The van der Waals surface area contributed by atoms with Gasteiger partial charge in [-0.3, -0.25) is 14.7 Å². The second kappa shape index (κ2) is 5.66. The van der Waals surface area contributed by atoms with Crippen molar-refractivity contribution in [3.8, 4) is 0 Å². The molecule has 0 atom stereocenters. The molecule has 0 aliphatic carbocycles. The molecule has 18 heavy (non-hydrogen) atoms. The number of aryl methyl sites for hydroxylation is 1. The molecule has 1 aromatic rings. The number of rotatable bonds is 4. The summed E-state index contributed by atoms with van der Waals surface area (Å²) in [7, 11) is 0. The van der Waals surface area contributed by atoms with Gasteiger partial charge in [0.1, 0.15) is 0 Å². The van der Waals surface area contributed by atoms with Gasteiger partial charge in [0.2, 0.25) is 5.91 Å². The van der Waals surface area contributed by atoms with E-state index in [1.165, 1.54) is 6.20 Å². The van der Waals surface area contributed by atoms with Crippen LogP contribution in [0.25, 0.3) is 0 Å². The number of hydrogen-bond acceptors (Lipinski definition) is 3. The molecular formula is C12H20N4O2. The second-order valence-corrected chi connectivity index (χ2v) is 5.21. The van der Waals surface area contributed by atoms with Crippen molar-refractivity contribution in [2.75, 3.05) is 6.54 Å². The molecule has 3 N–H and O–H groups in total. The van der Waals surface area contributed by atoms with Gasteiger partial charge in [-0.05, 0) is 27.7 Å². The molecule has 0 fully saturated rings. The van der Waals surface area contributed by atoms with E-state index in [2.05, 4.69) is 20.8 Å². The third-order valence-electron chi connectivity index (χ3n) is 2.23. The summed E-state index contributed by atoms with van der Waals surface area (Å²) in [5, 5.41) is 12.0. The number of nitrogens with zero attached hydrogens (tertiary/aromatic N) is 1. The molecule has 0 saturated carbocycles. The van der Waals surface area contributed by atoms with Crippen molar-refractivity contribution in [1.29, 1.82) is 0 Å². The van der Waals surface area contributed by atoms with Crippen LogP contribution in [-0.2, 0) is 4.79 Å². The lowest BCUT2D eigenvalue weighted by Gasteiger charge is -2.20. The summed E-state index contributed by atoms with van der Waals surface area (Å²) in [6.07, 6.45) is 1.74. The smallest absolute Gasteiger partial charge is 0.254 e. The Hall–Kier alpha value is -1.85. The Kier molecular flexibility index (Phi) is 4.47. The zero-order valence-corrected chi connectivity index (χ0v) is 11.3. The highest BCUT2D eigenvalue weighted by Gasteiger charge is 2.14. The van der Waals surface area contributed by atoms with Crippen molar-refractivity contribution >= 4 is 11.8 Å². The third-order valence-corrected chi connectivity index (χ3v) is 2.23. The Morgan fingerprint density at radius 1 is 1.39 bits per heavy atom. The van der Waals surface area contributed by atoms with E-state index in [1.807, 2.05) is 20.8 Å². The minimum Gasteiger partial charge on any atom is -0.351 e. The summed E-state index contributed by atoms with van der Waals surface area (Å²) < 4.78 is 0. The Balaban J connectivity index is 2.33. The van der Waals surface area contributed by atoms with Crippen LogP contribution in [0.3, 0.4) is 0 Å². The highest BCUT2D eigenvalue weighted by Crippen LogP contribution is 2.02. The number of aromatic amines is 1. The molecular weight excluding hydrogens is 232 g/mol. The maximum absolute atomic E-state index is 11.7. The molecule has 1 rings (SSSR count). The fourth-order valence-corrected chi connectivity index (χ4v) is 1.45. The van der Waals surface area contributed by atoms with Crippen LogP contribution in [0, 0.1) is 6.92 Å².